The fourth-order valence-electron chi connectivity index (χ4n) is 4.30. The van der Waals surface area contributed by atoms with E-state index in [9.17, 15) is 4.79 Å². The van der Waals surface area contributed by atoms with Crippen LogP contribution >= 0.6 is 0 Å². The van der Waals surface area contributed by atoms with Gasteiger partial charge in [-0.1, -0.05) is 38.8 Å². The Morgan fingerprint density at radius 1 is 1.03 bits per heavy atom. The van der Waals surface area contributed by atoms with Gasteiger partial charge < -0.3 is 20.5 Å². The quantitative estimate of drug-likeness (QED) is 0.348. The molecule has 0 saturated heterocycles. The number of rotatable bonds is 9. The molecule has 0 radical (unpaired) electrons. The van der Waals surface area contributed by atoms with Gasteiger partial charge in [0.2, 0.25) is 0 Å². The van der Waals surface area contributed by atoms with Gasteiger partial charge in [-0.2, -0.15) is 0 Å². The predicted octanol–water partition coefficient (Wildman–Crippen LogP) is 5.12. The van der Waals surface area contributed by atoms with E-state index in [1.165, 1.54) is 0 Å². The van der Waals surface area contributed by atoms with E-state index in [1.807, 2.05) is 37.3 Å². The van der Waals surface area contributed by atoms with Crippen LogP contribution in [0.2, 0.25) is 0 Å². The van der Waals surface area contributed by atoms with Crippen LogP contribution in [-0.4, -0.2) is 40.7 Å². The lowest BCUT2D eigenvalue weighted by molar-refractivity contribution is 0.0940. The van der Waals surface area contributed by atoms with Crippen LogP contribution in [0.3, 0.4) is 0 Å². The topological polar surface area (TPSA) is 104 Å². The van der Waals surface area contributed by atoms with Gasteiger partial charge in [0.15, 0.2) is 5.65 Å². The van der Waals surface area contributed by atoms with Gasteiger partial charge in [-0.25, -0.2) is 9.97 Å². The molecule has 0 fully saturated rings. The molecule has 2 aromatic carbocycles. The van der Waals surface area contributed by atoms with E-state index < -0.39 is 0 Å². The number of carbonyl (C=O) groups is 1. The largest absolute Gasteiger partial charge is 0.497 e. The Bertz CT molecular complexity index is 1360. The minimum atomic E-state index is -0.269. The number of hydrogen-bond donors (Lipinski definition) is 2. The van der Waals surface area contributed by atoms with Crippen LogP contribution in [0.5, 0.6) is 11.5 Å². The van der Waals surface area contributed by atoms with Crippen LogP contribution in [0.15, 0.2) is 42.5 Å². The van der Waals surface area contributed by atoms with E-state index in [2.05, 4.69) is 19.2 Å². The number of hydrogen-bond acceptors (Lipinski definition) is 6. The molecule has 0 bridgehead atoms. The van der Waals surface area contributed by atoms with Crippen molar-refractivity contribution in [1.29, 1.82) is 0 Å². The molecule has 35 heavy (non-hydrogen) atoms. The number of amides is 1. The third kappa shape index (κ3) is 4.87. The van der Waals surface area contributed by atoms with E-state index in [4.69, 9.17) is 25.2 Å². The third-order valence-electron chi connectivity index (χ3n) is 6.15. The van der Waals surface area contributed by atoms with Crippen molar-refractivity contribution in [2.24, 2.45) is 5.92 Å². The summed E-state index contributed by atoms with van der Waals surface area (Å²) in [5, 5.41) is 3.11. The van der Waals surface area contributed by atoms with E-state index in [0.717, 1.165) is 19.3 Å². The first kappa shape index (κ1) is 24.3. The smallest absolute Gasteiger partial charge is 0.257 e. The molecule has 2 aromatic heterocycles. The number of aromatic nitrogens is 3. The van der Waals surface area contributed by atoms with Gasteiger partial charge in [-0.15, -0.1) is 0 Å². The van der Waals surface area contributed by atoms with Crippen molar-refractivity contribution in [3.63, 3.8) is 0 Å². The maximum absolute atomic E-state index is 13.5. The zero-order valence-electron chi connectivity index (χ0n) is 21.0. The standard InChI is InChI=1S/C27H33N5O3/c1-16(2)9-8-10-17(3)29-27(33)23-24-26(31-20-12-7-6-11-19(20)30-24)32(25(23)28)21-15-18(34-4)13-14-22(21)35-5/h6-7,11-17H,8-10,28H2,1-5H3,(H,29,33)/t17-/m1/s1. The Kier molecular flexibility index (Phi) is 7.10. The van der Waals surface area contributed by atoms with Crippen LogP contribution in [0.1, 0.15) is 50.4 Å². The highest BCUT2D eigenvalue weighted by atomic mass is 16.5. The number of ether oxygens (including phenoxy) is 2. The number of nitrogens with two attached hydrogens (primary N) is 1. The van der Waals surface area contributed by atoms with Crippen molar-refractivity contribution in [3.8, 4) is 17.2 Å². The van der Waals surface area contributed by atoms with Crippen LogP contribution < -0.4 is 20.5 Å². The molecule has 0 saturated carbocycles. The van der Waals surface area contributed by atoms with E-state index >= 15 is 0 Å². The first-order valence-corrected chi connectivity index (χ1v) is 11.9. The van der Waals surface area contributed by atoms with E-state index in [1.54, 1.807) is 30.9 Å². The second kappa shape index (κ2) is 10.2. The highest BCUT2D eigenvalue weighted by Gasteiger charge is 2.27. The minimum absolute atomic E-state index is 0.00109. The van der Waals surface area contributed by atoms with Crippen LogP contribution in [-0.2, 0) is 0 Å². The summed E-state index contributed by atoms with van der Waals surface area (Å²) in [4.78, 5) is 23.2. The molecule has 1 amide bonds. The molecule has 8 nitrogen and oxygen atoms in total. The molecule has 0 spiro atoms. The van der Waals surface area contributed by atoms with Crippen molar-refractivity contribution in [3.05, 3.63) is 48.0 Å². The monoisotopic (exact) mass is 475 g/mol. The van der Waals surface area contributed by atoms with Crippen molar-refractivity contribution in [2.75, 3.05) is 20.0 Å². The van der Waals surface area contributed by atoms with E-state index in [-0.39, 0.29) is 17.8 Å². The molecular weight excluding hydrogens is 442 g/mol. The molecule has 4 aromatic rings. The van der Waals surface area contributed by atoms with Crippen molar-refractivity contribution >= 4 is 33.9 Å². The Morgan fingerprint density at radius 2 is 1.74 bits per heavy atom. The number of para-hydroxylation sites is 2. The summed E-state index contributed by atoms with van der Waals surface area (Å²) >= 11 is 0. The molecular formula is C27H33N5O3. The summed E-state index contributed by atoms with van der Waals surface area (Å²) in [6, 6.07) is 13.0. The first-order valence-electron chi connectivity index (χ1n) is 11.9. The van der Waals surface area contributed by atoms with E-state index in [0.29, 0.717) is 50.9 Å². The second-order valence-corrected chi connectivity index (χ2v) is 9.22. The molecule has 184 valence electrons. The average Bonchev–Trinajstić information content (AvgIpc) is 3.12. The highest BCUT2D eigenvalue weighted by molar-refractivity contribution is 6.11. The normalized spacial score (nSPS) is 12.3. The molecule has 4 rings (SSSR count). The summed E-state index contributed by atoms with van der Waals surface area (Å²) in [5.74, 6) is 1.80. The van der Waals surface area contributed by atoms with Gasteiger partial charge in [0.1, 0.15) is 28.4 Å². The summed E-state index contributed by atoms with van der Waals surface area (Å²) in [6.45, 7) is 6.42. The molecule has 0 aliphatic carbocycles. The SMILES string of the molecule is COc1ccc(OC)c(-n2c(N)c(C(=O)N[C@H](C)CCCC(C)C)c3nc4ccccc4nc32)c1. The van der Waals surface area contributed by atoms with Gasteiger partial charge in [0.25, 0.3) is 5.91 Å². The number of methoxy groups -OCH3 is 2. The highest BCUT2D eigenvalue weighted by Crippen LogP contribution is 2.36. The molecule has 2 heterocycles. The predicted molar refractivity (Wildman–Crippen MR) is 140 cm³/mol. The number of benzene rings is 2. The van der Waals surface area contributed by atoms with Gasteiger partial charge in [-0.3, -0.25) is 9.36 Å². The third-order valence-corrected chi connectivity index (χ3v) is 6.15. The zero-order chi connectivity index (χ0) is 25.1. The average molecular weight is 476 g/mol. The summed E-state index contributed by atoms with van der Waals surface area (Å²) in [7, 11) is 3.18. The van der Waals surface area contributed by atoms with Gasteiger partial charge in [0.05, 0.1) is 30.9 Å². The molecule has 1 atom stereocenters. The fourth-order valence-corrected chi connectivity index (χ4v) is 4.30. The molecule has 0 unspecified atom stereocenters. The maximum atomic E-state index is 13.5. The van der Waals surface area contributed by atoms with Crippen LogP contribution in [0.25, 0.3) is 27.9 Å². The van der Waals surface area contributed by atoms with Crippen molar-refractivity contribution in [1.82, 2.24) is 19.9 Å². The second-order valence-electron chi connectivity index (χ2n) is 9.22. The summed E-state index contributed by atoms with van der Waals surface area (Å²) in [5.41, 5.74) is 9.90. The molecule has 0 aliphatic rings. The Balaban J connectivity index is 1.87. The number of fused-ring (bicyclic) bond motifs is 2. The minimum Gasteiger partial charge on any atom is -0.497 e. The fraction of sp³-hybridized carbons (Fsp3) is 0.370. The number of carbonyl (C=O) groups excluding carboxylic acids is 1. The van der Waals surface area contributed by atoms with Crippen molar-refractivity contribution in [2.45, 2.75) is 46.1 Å². The molecule has 3 N–H and O–H groups in total. The molecule has 0 aliphatic heterocycles. The lowest BCUT2D eigenvalue weighted by atomic mass is 10.0. The number of nitrogens with zero attached hydrogens (tertiary/aromatic N) is 3. The Labute approximate surface area is 205 Å². The summed E-state index contributed by atoms with van der Waals surface area (Å²) < 4.78 is 12.8. The zero-order valence-corrected chi connectivity index (χ0v) is 21.0. The van der Waals surface area contributed by atoms with Gasteiger partial charge in [0, 0.05) is 12.1 Å². The van der Waals surface area contributed by atoms with Gasteiger partial charge >= 0.3 is 0 Å². The molecule has 8 heteroatoms. The van der Waals surface area contributed by atoms with Crippen LogP contribution in [0.4, 0.5) is 5.82 Å². The number of nitrogens with one attached hydrogen (secondary N) is 1. The number of nitrogen functional groups attached to an aromatic ring is 1. The Morgan fingerprint density at radius 3 is 2.40 bits per heavy atom. The maximum Gasteiger partial charge on any atom is 0.257 e. The first-order chi connectivity index (χ1) is 16.8. The van der Waals surface area contributed by atoms with Gasteiger partial charge in [-0.05, 0) is 43.5 Å². The lowest BCUT2D eigenvalue weighted by Crippen LogP contribution is -2.33. The summed E-state index contributed by atoms with van der Waals surface area (Å²) in [6.07, 6.45) is 3.05. The lowest BCUT2D eigenvalue weighted by Gasteiger charge is -2.15. The number of anilines is 1. The Hall–Kier alpha value is -3.81. The van der Waals surface area contributed by atoms with Crippen LogP contribution in [0, 0.1) is 5.92 Å². The van der Waals surface area contributed by atoms with Crippen molar-refractivity contribution < 1.29 is 14.3 Å².